The summed E-state index contributed by atoms with van der Waals surface area (Å²) in [5.74, 6) is -0.349. The highest BCUT2D eigenvalue weighted by molar-refractivity contribution is 5.85. The Balaban J connectivity index is 2.46. The second-order valence-electron chi connectivity index (χ2n) is 3.48. The van der Waals surface area contributed by atoms with E-state index in [4.69, 9.17) is 5.73 Å². The van der Waals surface area contributed by atoms with E-state index in [1.165, 1.54) is 18.9 Å². The molecule has 0 aliphatic carbocycles. The number of hydrogen-bond donors (Lipinski definition) is 1. The van der Waals surface area contributed by atoms with Gasteiger partial charge in [0.1, 0.15) is 0 Å². The number of carbonyl (C=O) groups is 1. The van der Waals surface area contributed by atoms with Crippen molar-refractivity contribution in [3.63, 3.8) is 0 Å². The molecule has 1 atom stereocenters. The maximum atomic E-state index is 10.6. The normalized spacial score (nSPS) is 21.0. The molecule has 1 heterocycles. The van der Waals surface area contributed by atoms with Crippen molar-refractivity contribution < 1.29 is 4.79 Å². The lowest BCUT2D eigenvalue weighted by Crippen LogP contribution is -2.30. The van der Waals surface area contributed by atoms with Crippen LogP contribution in [0.15, 0.2) is 12.2 Å². The van der Waals surface area contributed by atoms with Crippen LogP contribution >= 0.6 is 0 Å². The Morgan fingerprint density at radius 1 is 1.54 bits per heavy atom. The molecule has 3 heteroatoms. The van der Waals surface area contributed by atoms with Crippen LogP contribution in [0.2, 0.25) is 0 Å². The Hall–Kier alpha value is -0.830. The van der Waals surface area contributed by atoms with E-state index in [0.29, 0.717) is 6.04 Å². The van der Waals surface area contributed by atoms with Gasteiger partial charge in [-0.15, -0.1) is 0 Å². The maximum Gasteiger partial charge on any atom is 0.241 e. The van der Waals surface area contributed by atoms with Crippen LogP contribution in [-0.2, 0) is 4.79 Å². The summed E-state index contributed by atoms with van der Waals surface area (Å²) >= 11 is 0. The Morgan fingerprint density at radius 3 is 2.62 bits per heavy atom. The highest BCUT2D eigenvalue weighted by Crippen LogP contribution is 2.14. The number of amides is 1. The van der Waals surface area contributed by atoms with Crippen LogP contribution in [0.1, 0.15) is 26.2 Å². The van der Waals surface area contributed by atoms with Crippen molar-refractivity contribution in [2.24, 2.45) is 5.73 Å². The molecule has 1 unspecified atom stereocenters. The van der Waals surface area contributed by atoms with Crippen LogP contribution in [0.4, 0.5) is 0 Å². The molecule has 0 aromatic carbocycles. The second kappa shape index (κ2) is 5.02. The van der Waals surface area contributed by atoms with Gasteiger partial charge in [-0.05, 0) is 32.4 Å². The van der Waals surface area contributed by atoms with Gasteiger partial charge in [0, 0.05) is 12.1 Å². The molecule has 0 bridgehead atoms. The molecule has 74 valence electrons. The Morgan fingerprint density at radius 2 is 2.15 bits per heavy atom. The van der Waals surface area contributed by atoms with E-state index in [0.717, 1.165) is 19.5 Å². The Kier molecular flexibility index (Phi) is 3.96. The summed E-state index contributed by atoms with van der Waals surface area (Å²) in [7, 11) is 0. The highest BCUT2D eigenvalue weighted by atomic mass is 16.1. The zero-order chi connectivity index (χ0) is 9.68. The minimum atomic E-state index is -0.349. The van der Waals surface area contributed by atoms with Gasteiger partial charge in [-0.1, -0.05) is 13.0 Å². The number of likely N-dealkylation sites (tertiary alicyclic amines) is 1. The molecule has 3 nitrogen and oxygen atoms in total. The van der Waals surface area contributed by atoms with Gasteiger partial charge in [-0.2, -0.15) is 0 Å². The maximum absolute atomic E-state index is 10.6. The predicted molar refractivity (Wildman–Crippen MR) is 53.2 cm³/mol. The van der Waals surface area contributed by atoms with E-state index < -0.39 is 0 Å². The number of nitrogens with two attached hydrogens (primary N) is 1. The lowest BCUT2D eigenvalue weighted by molar-refractivity contribution is -0.113. The fourth-order valence-corrected chi connectivity index (χ4v) is 1.80. The summed E-state index contributed by atoms with van der Waals surface area (Å²) in [6, 6.07) is 0.398. The van der Waals surface area contributed by atoms with Crippen molar-refractivity contribution in [2.45, 2.75) is 32.2 Å². The van der Waals surface area contributed by atoms with Gasteiger partial charge in [0.15, 0.2) is 0 Å². The van der Waals surface area contributed by atoms with E-state index in [9.17, 15) is 4.79 Å². The average molecular weight is 182 g/mol. The van der Waals surface area contributed by atoms with Crippen LogP contribution in [0, 0.1) is 0 Å². The number of hydrogen-bond acceptors (Lipinski definition) is 2. The Bertz CT molecular complexity index is 195. The first kappa shape index (κ1) is 10.3. The van der Waals surface area contributed by atoms with Gasteiger partial charge in [-0.25, -0.2) is 0 Å². The summed E-state index contributed by atoms with van der Waals surface area (Å²) in [6.45, 7) is 4.44. The lowest BCUT2D eigenvalue weighted by atomic mass is 10.2. The van der Waals surface area contributed by atoms with Gasteiger partial charge >= 0.3 is 0 Å². The first-order valence-corrected chi connectivity index (χ1v) is 4.95. The first-order chi connectivity index (χ1) is 6.24. The van der Waals surface area contributed by atoms with Crippen LogP contribution in [0.5, 0.6) is 0 Å². The fourth-order valence-electron chi connectivity index (χ4n) is 1.80. The molecular weight excluding hydrogens is 164 g/mol. The molecule has 0 aromatic heterocycles. The molecule has 1 saturated heterocycles. The van der Waals surface area contributed by atoms with Crippen molar-refractivity contribution in [2.75, 3.05) is 13.1 Å². The second-order valence-corrected chi connectivity index (χ2v) is 3.48. The van der Waals surface area contributed by atoms with Crippen molar-refractivity contribution in [3.05, 3.63) is 12.2 Å². The molecule has 1 fully saturated rings. The van der Waals surface area contributed by atoms with Crippen LogP contribution in [0.25, 0.3) is 0 Å². The number of nitrogens with zero attached hydrogens (tertiary/aromatic N) is 1. The summed E-state index contributed by atoms with van der Waals surface area (Å²) < 4.78 is 0. The highest BCUT2D eigenvalue weighted by Gasteiger charge is 2.17. The van der Waals surface area contributed by atoms with Crippen LogP contribution in [-0.4, -0.2) is 29.9 Å². The summed E-state index contributed by atoms with van der Waals surface area (Å²) in [5, 5.41) is 0. The van der Waals surface area contributed by atoms with Crippen LogP contribution < -0.4 is 5.73 Å². The van der Waals surface area contributed by atoms with Crippen molar-refractivity contribution in [1.29, 1.82) is 0 Å². The van der Waals surface area contributed by atoms with Crippen molar-refractivity contribution >= 4 is 5.91 Å². The average Bonchev–Trinajstić information content (AvgIpc) is 2.58. The molecule has 0 spiro atoms. The van der Waals surface area contributed by atoms with Crippen LogP contribution in [0.3, 0.4) is 0 Å². The largest absolute Gasteiger partial charge is 0.366 e. The molecule has 0 radical (unpaired) electrons. The zero-order valence-corrected chi connectivity index (χ0v) is 8.20. The third kappa shape index (κ3) is 3.19. The first-order valence-electron chi connectivity index (χ1n) is 4.95. The van der Waals surface area contributed by atoms with Gasteiger partial charge in [0.05, 0.1) is 0 Å². The molecular formula is C10H18N2O. The van der Waals surface area contributed by atoms with E-state index in [-0.39, 0.29) is 5.91 Å². The van der Waals surface area contributed by atoms with E-state index in [1.807, 2.05) is 6.08 Å². The quantitative estimate of drug-likeness (QED) is 0.657. The standard InChI is InChI=1S/C10H18N2O/c1-2-9(5-6-10(11)13)12-7-3-4-8-12/h5-6,9H,2-4,7-8H2,1H3,(H2,11,13). The number of rotatable bonds is 4. The monoisotopic (exact) mass is 182 g/mol. The van der Waals surface area contributed by atoms with Crippen molar-refractivity contribution in [1.82, 2.24) is 4.90 Å². The lowest BCUT2D eigenvalue weighted by Gasteiger charge is -2.22. The minimum absolute atomic E-state index is 0.349. The van der Waals surface area contributed by atoms with Gasteiger partial charge in [0.2, 0.25) is 5.91 Å². The third-order valence-corrected chi connectivity index (χ3v) is 2.51. The number of primary amides is 1. The third-order valence-electron chi connectivity index (χ3n) is 2.51. The molecule has 0 saturated carbocycles. The van der Waals surface area contributed by atoms with Gasteiger partial charge in [0.25, 0.3) is 0 Å². The smallest absolute Gasteiger partial charge is 0.241 e. The SMILES string of the molecule is CCC(C=CC(N)=O)N1CCCC1. The molecule has 2 N–H and O–H groups in total. The van der Waals surface area contributed by atoms with Gasteiger partial charge < -0.3 is 5.73 Å². The van der Waals surface area contributed by atoms with Gasteiger partial charge in [-0.3, -0.25) is 9.69 Å². The molecule has 13 heavy (non-hydrogen) atoms. The van der Waals surface area contributed by atoms with Crippen molar-refractivity contribution in [3.8, 4) is 0 Å². The summed E-state index contributed by atoms with van der Waals surface area (Å²) in [5.41, 5.74) is 5.05. The molecule has 1 rings (SSSR count). The van der Waals surface area contributed by atoms with E-state index in [2.05, 4.69) is 11.8 Å². The number of carbonyl (C=O) groups excluding carboxylic acids is 1. The predicted octanol–water partition coefficient (Wildman–Crippen LogP) is 0.902. The summed E-state index contributed by atoms with van der Waals surface area (Å²) in [4.78, 5) is 13.0. The molecule has 1 aliphatic heterocycles. The summed E-state index contributed by atoms with van der Waals surface area (Å²) in [6.07, 6.45) is 7.01. The fraction of sp³-hybridized carbons (Fsp3) is 0.700. The zero-order valence-electron chi connectivity index (χ0n) is 8.20. The van der Waals surface area contributed by atoms with E-state index in [1.54, 1.807) is 0 Å². The Labute approximate surface area is 79.6 Å². The minimum Gasteiger partial charge on any atom is -0.366 e. The van der Waals surface area contributed by atoms with E-state index >= 15 is 0 Å². The topological polar surface area (TPSA) is 46.3 Å². The molecule has 1 amide bonds. The molecule has 1 aliphatic rings. The molecule has 0 aromatic rings.